The summed E-state index contributed by atoms with van der Waals surface area (Å²) >= 11 is 0. The molecule has 18 heavy (non-hydrogen) atoms. The van der Waals surface area contributed by atoms with Gasteiger partial charge in [-0.25, -0.2) is 9.37 Å². The summed E-state index contributed by atoms with van der Waals surface area (Å²) in [5.74, 6) is -0.948. The van der Waals surface area contributed by atoms with Crippen molar-refractivity contribution in [3.05, 3.63) is 35.9 Å². The molecule has 2 rings (SSSR count). The van der Waals surface area contributed by atoms with E-state index in [-0.39, 0.29) is 17.9 Å². The minimum absolute atomic E-state index is 0.0159. The van der Waals surface area contributed by atoms with E-state index < -0.39 is 11.7 Å². The number of nitrogens with zero attached hydrogens (tertiary/aromatic N) is 3. The van der Waals surface area contributed by atoms with Gasteiger partial charge in [-0.1, -0.05) is 5.16 Å². The van der Waals surface area contributed by atoms with E-state index in [9.17, 15) is 9.18 Å². The Morgan fingerprint density at radius 2 is 2.33 bits per heavy atom. The average molecular weight is 251 g/mol. The highest BCUT2D eigenvalue weighted by Crippen LogP contribution is 2.14. The number of pyridine rings is 1. The van der Waals surface area contributed by atoms with Crippen LogP contribution < -0.4 is 10.6 Å². The first kappa shape index (κ1) is 12.0. The minimum atomic E-state index is -0.703. The van der Waals surface area contributed by atoms with Gasteiger partial charge in [0, 0.05) is 13.2 Å². The summed E-state index contributed by atoms with van der Waals surface area (Å²) in [4.78, 5) is 19.2. The first-order valence-corrected chi connectivity index (χ1v) is 5.08. The molecule has 7 nitrogen and oxygen atoms in total. The van der Waals surface area contributed by atoms with E-state index in [1.165, 1.54) is 19.3 Å². The molecule has 0 bridgehead atoms. The van der Waals surface area contributed by atoms with Gasteiger partial charge in [0.25, 0.3) is 5.91 Å². The summed E-state index contributed by atoms with van der Waals surface area (Å²) in [5.41, 5.74) is -0.0992. The van der Waals surface area contributed by atoms with Gasteiger partial charge in [0.15, 0.2) is 17.5 Å². The molecule has 0 fully saturated rings. The molecule has 0 unspecified atom stereocenters. The van der Waals surface area contributed by atoms with Crippen LogP contribution >= 0.6 is 0 Å². The molecule has 0 saturated heterocycles. The summed E-state index contributed by atoms with van der Waals surface area (Å²) in [6, 6.07) is 1.29. The Kier molecular flexibility index (Phi) is 3.46. The van der Waals surface area contributed by atoms with Gasteiger partial charge in [-0.2, -0.15) is 4.98 Å². The van der Waals surface area contributed by atoms with Crippen molar-refractivity contribution in [1.82, 2.24) is 20.4 Å². The fourth-order valence-corrected chi connectivity index (χ4v) is 1.32. The second-order valence-electron chi connectivity index (χ2n) is 3.30. The van der Waals surface area contributed by atoms with Crippen molar-refractivity contribution in [3.63, 3.8) is 0 Å². The Balaban J connectivity index is 2.09. The lowest BCUT2D eigenvalue weighted by atomic mass is 10.2. The summed E-state index contributed by atoms with van der Waals surface area (Å²) in [6.07, 6.45) is 2.49. The largest absolute Gasteiger partial charge is 0.371 e. The third-order valence-corrected chi connectivity index (χ3v) is 2.18. The number of hydrogen-bond acceptors (Lipinski definition) is 6. The van der Waals surface area contributed by atoms with Crippen molar-refractivity contribution in [3.8, 4) is 0 Å². The molecule has 94 valence electrons. The van der Waals surface area contributed by atoms with Crippen molar-refractivity contribution < 1.29 is 13.7 Å². The third kappa shape index (κ3) is 2.42. The number of carbonyl (C=O) groups is 1. The van der Waals surface area contributed by atoms with Crippen LogP contribution in [0.4, 0.5) is 10.2 Å². The minimum Gasteiger partial charge on any atom is -0.371 e. The van der Waals surface area contributed by atoms with E-state index >= 15 is 0 Å². The Hall–Kier alpha value is -2.51. The number of rotatable bonds is 4. The van der Waals surface area contributed by atoms with Gasteiger partial charge in [-0.3, -0.25) is 4.79 Å². The summed E-state index contributed by atoms with van der Waals surface area (Å²) in [5, 5.41) is 8.55. The smallest absolute Gasteiger partial charge is 0.254 e. The van der Waals surface area contributed by atoms with Crippen LogP contribution in [0, 0.1) is 5.82 Å². The zero-order valence-electron chi connectivity index (χ0n) is 9.48. The van der Waals surface area contributed by atoms with Crippen LogP contribution in [-0.2, 0) is 6.54 Å². The quantitative estimate of drug-likeness (QED) is 0.825. The van der Waals surface area contributed by atoms with Crippen molar-refractivity contribution in [2.45, 2.75) is 6.54 Å². The lowest BCUT2D eigenvalue weighted by molar-refractivity contribution is 0.0945. The lowest BCUT2D eigenvalue weighted by Crippen LogP contribution is -2.24. The van der Waals surface area contributed by atoms with Gasteiger partial charge in [0.2, 0.25) is 6.39 Å². The second kappa shape index (κ2) is 5.21. The van der Waals surface area contributed by atoms with Gasteiger partial charge in [0.1, 0.15) is 0 Å². The Morgan fingerprint density at radius 1 is 1.50 bits per heavy atom. The van der Waals surface area contributed by atoms with Crippen molar-refractivity contribution in [2.24, 2.45) is 0 Å². The van der Waals surface area contributed by atoms with Crippen LogP contribution in [0.5, 0.6) is 0 Å². The fourth-order valence-electron chi connectivity index (χ4n) is 1.32. The molecule has 2 aromatic rings. The molecule has 8 heteroatoms. The predicted octanol–water partition coefficient (Wildman–Crippen LogP) is 0.575. The molecule has 0 aliphatic carbocycles. The molecule has 0 atom stereocenters. The highest BCUT2D eigenvalue weighted by Gasteiger charge is 2.15. The molecule has 2 heterocycles. The van der Waals surface area contributed by atoms with E-state index in [0.717, 1.165) is 6.39 Å². The monoisotopic (exact) mass is 251 g/mol. The number of aromatic nitrogens is 3. The molecule has 0 aliphatic rings. The Bertz CT molecular complexity index is 543. The normalized spacial score (nSPS) is 10.1. The van der Waals surface area contributed by atoms with Gasteiger partial charge >= 0.3 is 0 Å². The van der Waals surface area contributed by atoms with E-state index in [2.05, 4.69) is 30.3 Å². The fraction of sp³-hybridized carbons (Fsp3) is 0.200. The summed E-state index contributed by atoms with van der Waals surface area (Å²) in [6.45, 7) is 0.0615. The molecule has 0 aromatic carbocycles. The summed E-state index contributed by atoms with van der Waals surface area (Å²) in [7, 11) is 1.52. The topological polar surface area (TPSA) is 92.9 Å². The molecular weight excluding hydrogens is 241 g/mol. The van der Waals surface area contributed by atoms with E-state index in [1.54, 1.807) is 0 Å². The predicted molar refractivity (Wildman–Crippen MR) is 59.2 cm³/mol. The molecule has 0 aliphatic heterocycles. The van der Waals surface area contributed by atoms with E-state index in [0.29, 0.717) is 5.82 Å². The van der Waals surface area contributed by atoms with Crippen LogP contribution in [-0.4, -0.2) is 28.1 Å². The van der Waals surface area contributed by atoms with Crippen LogP contribution in [0.2, 0.25) is 0 Å². The van der Waals surface area contributed by atoms with Gasteiger partial charge in [0.05, 0.1) is 12.1 Å². The average Bonchev–Trinajstić information content (AvgIpc) is 2.89. The van der Waals surface area contributed by atoms with Crippen molar-refractivity contribution in [2.75, 3.05) is 12.4 Å². The number of anilines is 1. The number of nitrogens with one attached hydrogen (secondary N) is 2. The molecule has 0 saturated carbocycles. The zero-order chi connectivity index (χ0) is 13.0. The highest BCUT2D eigenvalue weighted by molar-refractivity contribution is 5.95. The first-order chi connectivity index (χ1) is 8.72. The SMILES string of the molecule is CNc1nccc(C(=O)NCc2ncon2)c1F. The maximum absolute atomic E-state index is 13.8. The van der Waals surface area contributed by atoms with Crippen LogP contribution in [0.15, 0.2) is 23.2 Å². The third-order valence-electron chi connectivity index (χ3n) is 2.18. The van der Waals surface area contributed by atoms with Gasteiger partial charge in [-0.05, 0) is 6.07 Å². The highest BCUT2D eigenvalue weighted by atomic mass is 19.1. The van der Waals surface area contributed by atoms with Crippen molar-refractivity contribution in [1.29, 1.82) is 0 Å². The molecule has 0 radical (unpaired) electrons. The molecular formula is C10H10FN5O2. The van der Waals surface area contributed by atoms with Gasteiger partial charge < -0.3 is 15.2 Å². The van der Waals surface area contributed by atoms with Gasteiger partial charge in [-0.15, -0.1) is 0 Å². The van der Waals surface area contributed by atoms with Crippen molar-refractivity contribution >= 4 is 11.7 Å². The van der Waals surface area contributed by atoms with Crippen LogP contribution in [0.3, 0.4) is 0 Å². The summed E-state index contributed by atoms with van der Waals surface area (Å²) < 4.78 is 18.3. The molecule has 1 amide bonds. The van der Waals surface area contributed by atoms with E-state index in [4.69, 9.17) is 0 Å². The Morgan fingerprint density at radius 3 is 3.00 bits per heavy atom. The Labute approximate surface area is 101 Å². The molecule has 2 N–H and O–H groups in total. The van der Waals surface area contributed by atoms with Crippen LogP contribution in [0.25, 0.3) is 0 Å². The molecule has 0 spiro atoms. The zero-order valence-corrected chi connectivity index (χ0v) is 9.48. The number of halogens is 1. The van der Waals surface area contributed by atoms with E-state index in [1.807, 2.05) is 0 Å². The number of amides is 1. The molecule has 2 aromatic heterocycles. The maximum atomic E-state index is 13.8. The maximum Gasteiger partial charge on any atom is 0.254 e. The number of hydrogen-bond donors (Lipinski definition) is 2. The lowest BCUT2D eigenvalue weighted by Gasteiger charge is -2.06. The van der Waals surface area contributed by atoms with Crippen LogP contribution in [0.1, 0.15) is 16.2 Å². The first-order valence-electron chi connectivity index (χ1n) is 5.08. The number of carbonyl (C=O) groups excluding carboxylic acids is 1. The second-order valence-corrected chi connectivity index (χ2v) is 3.30. The standard InChI is InChI=1S/C10H10FN5O2/c1-12-9-8(11)6(2-3-13-9)10(17)14-4-7-15-5-18-16-7/h2-3,5H,4H2,1H3,(H,12,13)(H,14,17).